The maximum absolute atomic E-state index is 11.6. The van der Waals surface area contributed by atoms with Crippen LogP contribution in [0.2, 0.25) is 0 Å². The molecule has 3 nitrogen and oxygen atoms in total. The summed E-state index contributed by atoms with van der Waals surface area (Å²) in [6.07, 6.45) is 1.46. The molecule has 0 saturated heterocycles. The van der Waals surface area contributed by atoms with E-state index in [2.05, 4.69) is 5.32 Å². The zero-order valence-electron chi connectivity index (χ0n) is 9.53. The Morgan fingerprint density at radius 1 is 1.12 bits per heavy atom. The van der Waals surface area contributed by atoms with Gasteiger partial charge in [0.2, 0.25) is 5.91 Å². The number of carbonyl (C=O) groups is 2. The fourth-order valence-corrected chi connectivity index (χ4v) is 1.35. The smallest absolute Gasteiger partial charge is 0.220 e. The molecule has 0 aliphatic rings. The molecule has 0 aliphatic carbocycles. The number of rotatable bonds is 6. The Labute approximate surface area is 95.9 Å². The highest BCUT2D eigenvalue weighted by Gasteiger charge is 2.07. The molecule has 0 fully saturated rings. The first kappa shape index (κ1) is 12.4. The van der Waals surface area contributed by atoms with Gasteiger partial charge in [-0.25, -0.2) is 0 Å². The van der Waals surface area contributed by atoms with Gasteiger partial charge in [-0.15, -0.1) is 0 Å². The Balaban J connectivity index is 2.33. The summed E-state index contributed by atoms with van der Waals surface area (Å²) in [6, 6.07) is 9.05. The summed E-state index contributed by atoms with van der Waals surface area (Å²) in [7, 11) is 0. The Bertz CT molecular complexity index is 346. The van der Waals surface area contributed by atoms with E-state index in [0.29, 0.717) is 12.1 Å². The summed E-state index contributed by atoms with van der Waals surface area (Å²) in [5, 5.41) is 2.75. The van der Waals surface area contributed by atoms with Crippen LogP contribution in [-0.4, -0.2) is 18.2 Å². The lowest BCUT2D eigenvalue weighted by Gasteiger charge is -2.03. The molecule has 1 rings (SSSR count). The second kappa shape index (κ2) is 6.77. The van der Waals surface area contributed by atoms with Crippen LogP contribution < -0.4 is 5.32 Å². The number of amides is 1. The summed E-state index contributed by atoms with van der Waals surface area (Å²) >= 11 is 0. The van der Waals surface area contributed by atoms with Crippen LogP contribution in [0.25, 0.3) is 0 Å². The first-order valence-corrected chi connectivity index (χ1v) is 5.59. The van der Waals surface area contributed by atoms with Crippen LogP contribution in [0.1, 0.15) is 36.5 Å². The normalized spacial score (nSPS) is 9.81. The van der Waals surface area contributed by atoms with Gasteiger partial charge < -0.3 is 5.32 Å². The second-order valence-corrected chi connectivity index (χ2v) is 3.64. The van der Waals surface area contributed by atoms with E-state index in [-0.39, 0.29) is 24.5 Å². The summed E-state index contributed by atoms with van der Waals surface area (Å²) < 4.78 is 0. The fourth-order valence-electron chi connectivity index (χ4n) is 1.35. The molecule has 0 bridgehead atoms. The molecule has 0 heterocycles. The van der Waals surface area contributed by atoms with E-state index in [9.17, 15) is 9.59 Å². The Morgan fingerprint density at radius 2 is 1.81 bits per heavy atom. The lowest BCUT2D eigenvalue weighted by molar-refractivity contribution is -0.121. The molecule has 0 aliphatic heterocycles. The third kappa shape index (κ3) is 4.26. The van der Waals surface area contributed by atoms with E-state index in [1.54, 1.807) is 12.1 Å². The molecule has 3 heteroatoms. The second-order valence-electron chi connectivity index (χ2n) is 3.64. The molecule has 86 valence electrons. The highest BCUT2D eigenvalue weighted by molar-refractivity contribution is 5.97. The van der Waals surface area contributed by atoms with Crippen LogP contribution in [-0.2, 0) is 4.79 Å². The number of carbonyl (C=O) groups excluding carboxylic acids is 2. The van der Waals surface area contributed by atoms with Crippen molar-refractivity contribution in [3.05, 3.63) is 35.9 Å². The molecule has 0 spiro atoms. The number of benzene rings is 1. The van der Waals surface area contributed by atoms with Crippen molar-refractivity contribution in [2.45, 2.75) is 26.2 Å². The van der Waals surface area contributed by atoms with Crippen molar-refractivity contribution in [3.63, 3.8) is 0 Å². The molecule has 1 amide bonds. The van der Waals surface area contributed by atoms with Crippen LogP contribution in [0.4, 0.5) is 0 Å². The molecule has 16 heavy (non-hydrogen) atoms. The molecule has 1 aromatic carbocycles. The molecular weight excluding hydrogens is 202 g/mol. The molecule has 1 aromatic rings. The zero-order chi connectivity index (χ0) is 11.8. The Morgan fingerprint density at radius 3 is 2.44 bits per heavy atom. The van der Waals surface area contributed by atoms with Crippen LogP contribution in [0.3, 0.4) is 0 Å². The van der Waals surface area contributed by atoms with Crippen molar-refractivity contribution in [1.82, 2.24) is 5.32 Å². The molecule has 0 atom stereocenters. The monoisotopic (exact) mass is 219 g/mol. The maximum Gasteiger partial charge on any atom is 0.220 e. The third-order valence-corrected chi connectivity index (χ3v) is 2.25. The Hall–Kier alpha value is -1.64. The average molecular weight is 219 g/mol. The minimum Gasteiger partial charge on any atom is -0.356 e. The van der Waals surface area contributed by atoms with Crippen molar-refractivity contribution in [3.8, 4) is 0 Å². The van der Waals surface area contributed by atoms with Crippen LogP contribution >= 0.6 is 0 Å². The first-order valence-electron chi connectivity index (χ1n) is 5.59. The third-order valence-electron chi connectivity index (χ3n) is 2.25. The highest BCUT2D eigenvalue weighted by Crippen LogP contribution is 2.04. The summed E-state index contributed by atoms with van der Waals surface area (Å²) in [5.41, 5.74) is 0.672. The van der Waals surface area contributed by atoms with E-state index in [1.165, 1.54) is 0 Å². The Kier molecular flexibility index (Phi) is 5.26. The van der Waals surface area contributed by atoms with E-state index in [0.717, 1.165) is 6.42 Å². The van der Waals surface area contributed by atoms with Gasteiger partial charge in [0.1, 0.15) is 0 Å². The van der Waals surface area contributed by atoms with E-state index in [4.69, 9.17) is 0 Å². The number of hydrogen-bond acceptors (Lipinski definition) is 2. The topological polar surface area (TPSA) is 46.2 Å². The molecule has 0 unspecified atom stereocenters. The van der Waals surface area contributed by atoms with Gasteiger partial charge in [0.05, 0.1) is 0 Å². The number of ketones is 1. The highest BCUT2D eigenvalue weighted by atomic mass is 16.2. The molecule has 1 N–H and O–H groups in total. The maximum atomic E-state index is 11.6. The van der Waals surface area contributed by atoms with Gasteiger partial charge in [-0.3, -0.25) is 9.59 Å². The first-order chi connectivity index (χ1) is 7.74. The summed E-state index contributed by atoms with van der Waals surface area (Å²) in [4.78, 5) is 22.9. The van der Waals surface area contributed by atoms with Crippen molar-refractivity contribution in [1.29, 1.82) is 0 Å². The van der Waals surface area contributed by atoms with Crippen molar-refractivity contribution in [2.24, 2.45) is 0 Å². The number of Topliss-reactive ketones (excluding diaryl/α,β-unsaturated/α-hetero) is 1. The predicted molar refractivity (Wildman–Crippen MR) is 63.3 cm³/mol. The minimum atomic E-state index is -0.0499. The quantitative estimate of drug-likeness (QED) is 0.745. The van der Waals surface area contributed by atoms with Crippen LogP contribution in [0.5, 0.6) is 0 Å². The van der Waals surface area contributed by atoms with E-state index < -0.39 is 0 Å². The zero-order valence-corrected chi connectivity index (χ0v) is 9.53. The lowest BCUT2D eigenvalue weighted by Crippen LogP contribution is -2.24. The van der Waals surface area contributed by atoms with Crippen LogP contribution in [0.15, 0.2) is 30.3 Å². The lowest BCUT2D eigenvalue weighted by atomic mass is 10.1. The summed E-state index contributed by atoms with van der Waals surface area (Å²) in [6.45, 7) is 2.67. The summed E-state index contributed by atoms with van der Waals surface area (Å²) in [5.74, 6) is -0.0293. The van der Waals surface area contributed by atoms with Crippen molar-refractivity contribution in [2.75, 3.05) is 6.54 Å². The van der Waals surface area contributed by atoms with Gasteiger partial charge in [-0.05, 0) is 6.42 Å². The van der Waals surface area contributed by atoms with Gasteiger partial charge in [0.25, 0.3) is 0 Å². The largest absolute Gasteiger partial charge is 0.356 e. The number of hydrogen-bond donors (Lipinski definition) is 1. The fraction of sp³-hybridized carbons (Fsp3) is 0.385. The predicted octanol–water partition coefficient (Wildman–Crippen LogP) is 2.18. The van der Waals surface area contributed by atoms with E-state index >= 15 is 0 Å². The molecular formula is C13H17NO2. The van der Waals surface area contributed by atoms with Gasteiger partial charge in [-0.1, -0.05) is 37.3 Å². The van der Waals surface area contributed by atoms with Gasteiger partial charge in [0.15, 0.2) is 5.78 Å². The van der Waals surface area contributed by atoms with Gasteiger partial charge >= 0.3 is 0 Å². The van der Waals surface area contributed by atoms with Gasteiger partial charge in [-0.2, -0.15) is 0 Å². The average Bonchev–Trinajstić information content (AvgIpc) is 2.34. The minimum absolute atomic E-state index is 0.0206. The molecule has 0 radical (unpaired) electrons. The van der Waals surface area contributed by atoms with E-state index in [1.807, 2.05) is 25.1 Å². The molecule has 0 saturated carbocycles. The van der Waals surface area contributed by atoms with Gasteiger partial charge in [0, 0.05) is 24.9 Å². The van der Waals surface area contributed by atoms with Crippen LogP contribution in [0, 0.1) is 0 Å². The molecule has 0 aromatic heterocycles. The SMILES string of the molecule is CCCNC(=O)CCC(=O)c1ccccc1. The van der Waals surface area contributed by atoms with Crippen molar-refractivity contribution < 1.29 is 9.59 Å². The number of nitrogens with one attached hydrogen (secondary N) is 1. The standard InChI is InChI=1S/C13H17NO2/c1-2-10-14-13(16)9-8-12(15)11-6-4-3-5-7-11/h3-7H,2,8-10H2,1H3,(H,14,16). The van der Waals surface area contributed by atoms with Crippen molar-refractivity contribution >= 4 is 11.7 Å².